The zero-order valence-electron chi connectivity index (χ0n) is 11.4. The number of sulfonamides is 1. The molecular formula is C11H19N3O4S. The van der Waals surface area contributed by atoms with Crippen LogP contribution in [0, 0.1) is 6.92 Å². The van der Waals surface area contributed by atoms with Crippen molar-refractivity contribution in [3.05, 3.63) is 17.6 Å². The Bertz CT molecular complexity index is 562. The van der Waals surface area contributed by atoms with Crippen molar-refractivity contribution in [3.8, 4) is 0 Å². The average Bonchev–Trinajstić information content (AvgIpc) is 2.71. The van der Waals surface area contributed by atoms with Gasteiger partial charge in [0, 0.05) is 32.7 Å². The van der Waals surface area contributed by atoms with Crippen molar-refractivity contribution in [1.82, 2.24) is 9.62 Å². The van der Waals surface area contributed by atoms with Crippen LogP contribution in [0.25, 0.3) is 0 Å². The molecule has 1 aromatic rings. The van der Waals surface area contributed by atoms with Gasteiger partial charge in [0.2, 0.25) is 10.0 Å². The van der Waals surface area contributed by atoms with Gasteiger partial charge in [0.15, 0.2) is 5.76 Å². The Balaban J connectivity index is 3.07. The van der Waals surface area contributed by atoms with E-state index < -0.39 is 15.9 Å². The van der Waals surface area contributed by atoms with E-state index >= 15 is 0 Å². The van der Waals surface area contributed by atoms with E-state index in [4.69, 9.17) is 10.2 Å². The van der Waals surface area contributed by atoms with Crippen LogP contribution in [0.15, 0.2) is 15.4 Å². The number of carbonyl (C=O) groups is 1. The van der Waals surface area contributed by atoms with Gasteiger partial charge in [-0.1, -0.05) is 0 Å². The number of amides is 1. The maximum Gasteiger partial charge on any atom is 0.287 e. The van der Waals surface area contributed by atoms with Crippen LogP contribution in [0.1, 0.15) is 23.2 Å². The SMILES string of the molecule is Cc1oc(C(=O)N[C@@H](C)CN)cc1S(=O)(=O)N(C)C. The van der Waals surface area contributed by atoms with Crippen molar-refractivity contribution < 1.29 is 17.6 Å². The Kier molecular flexibility index (Phi) is 4.72. The highest BCUT2D eigenvalue weighted by Gasteiger charge is 2.26. The van der Waals surface area contributed by atoms with E-state index in [9.17, 15) is 13.2 Å². The van der Waals surface area contributed by atoms with Crippen LogP contribution in [0.5, 0.6) is 0 Å². The number of nitrogens with two attached hydrogens (primary N) is 1. The largest absolute Gasteiger partial charge is 0.455 e. The van der Waals surface area contributed by atoms with Gasteiger partial charge >= 0.3 is 0 Å². The topological polar surface area (TPSA) is 106 Å². The lowest BCUT2D eigenvalue weighted by molar-refractivity contribution is 0.0912. The van der Waals surface area contributed by atoms with Crippen molar-refractivity contribution in [3.63, 3.8) is 0 Å². The third kappa shape index (κ3) is 3.34. The Morgan fingerprint density at radius 2 is 2.11 bits per heavy atom. The maximum atomic E-state index is 12.0. The van der Waals surface area contributed by atoms with Crippen molar-refractivity contribution in [1.29, 1.82) is 0 Å². The van der Waals surface area contributed by atoms with E-state index in [2.05, 4.69) is 5.32 Å². The zero-order chi connectivity index (χ0) is 14.8. The molecule has 0 fully saturated rings. The summed E-state index contributed by atoms with van der Waals surface area (Å²) in [6, 6.07) is 1.01. The molecule has 7 nitrogen and oxygen atoms in total. The summed E-state index contributed by atoms with van der Waals surface area (Å²) < 4.78 is 30.2. The van der Waals surface area contributed by atoms with Gasteiger partial charge in [0.1, 0.15) is 10.7 Å². The van der Waals surface area contributed by atoms with Crippen LogP contribution < -0.4 is 11.1 Å². The molecule has 0 saturated heterocycles. The molecule has 1 heterocycles. The second-order valence-corrected chi connectivity index (χ2v) is 6.55. The van der Waals surface area contributed by atoms with Crippen LogP contribution in [-0.4, -0.2) is 45.3 Å². The first-order chi connectivity index (χ1) is 8.70. The van der Waals surface area contributed by atoms with Gasteiger partial charge in [0.25, 0.3) is 5.91 Å². The number of hydrogen-bond donors (Lipinski definition) is 2. The summed E-state index contributed by atoms with van der Waals surface area (Å²) in [6.45, 7) is 3.53. The minimum Gasteiger partial charge on any atom is -0.455 e. The van der Waals surface area contributed by atoms with Gasteiger partial charge in [-0.2, -0.15) is 0 Å². The van der Waals surface area contributed by atoms with E-state index in [-0.39, 0.29) is 29.0 Å². The highest BCUT2D eigenvalue weighted by atomic mass is 32.2. The molecule has 1 amide bonds. The average molecular weight is 289 g/mol. The third-order valence-corrected chi connectivity index (χ3v) is 4.51. The predicted octanol–water partition coefficient (Wildman–Crippen LogP) is -0.0847. The van der Waals surface area contributed by atoms with Crippen LogP contribution in [0.3, 0.4) is 0 Å². The number of furan rings is 1. The molecule has 0 aliphatic heterocycles. The summed E-state index contributed by atoms with van der Waals surface area (Å²) in [5.41, 5.74) is 5.39. The summed E-state index contributed by atoms with van der Waals surface area (Å²) >= 11 is 0. The van der Waals surface area contributed by atoms with E-state index in [1.54, 1.807) is 6.92 Å². The van der Waals surface area contributed by atoms with Crippen molar-refractivity contribution in [2.75, 3.05) is 20.6 Å². The molecule has 0 aromatic carbocycles. The molecule has 0 bridgehead atoms. The summed E-state index contributed by atoms with van der Waals surface area (Å²) in [5.74, 6) is -0.348. The smallest absolute Gasteiger partial charge is 0.287 e. The minimum absolute atomic E-state index is 0.0111. The molecule has 108 valence electrons. The number of nitrogens with one attached hydrogen (secondary N) is 1. The second kappa shape index (κ2) is 5.72. The first kappa shape index (κ1) is 15.7. The second-order valence-electron chi connectivity index (χ2n) is 4.43. The Labute approximate surface area is 112 Å². The quantitative estimate of drug-likeness (QED) is 0.788. The number of rotatable bonds is 5. The lowest BCUT2D eigenvalue weighted by Crippen LogP contribution is -2.37. The molecule has 19 heavy (non-hydrogen) atoms. The number of carbonyl (C=O) groups excluding carboxylic acids is 1. The minimum atomic E-state index is -3.62. The summed E-state index contributed by atoms with van der Waals surface area (Å²) in [7, 11) is -0.790. The lowest BCUT2D eigenvalue weighted by atomic mass is 10.3. The van der Waals surface area contributed by atoms with Crippen LogP contribution in [-0.2, 0) is 10.0 Å². The summed E-state index contributed by atoms with van der Waals surface area (Å²) in [4.78, 5) is 11.8. The van der Waals surface area contributed by atoms with E-state index in [0.29, 0.717) is 0 Å². The summed E-state index contributed by atoms with van der Waals surface area (Å²) in [6.07, 6.45) is 0. The number of nitrogens with zero attached hydrogens (tertiary/aromatic N) is 1. The van der Waals surface area contributed by atoms with Crippen molar-refractivity contribution in [2.45, 2.75) is 24.8 Å². The zero-order valence-corrected chi connectivity index (χ0v) is 12.2. The van der Waals surface area contributed by atoms with Gasteiger partial charge in [-0.25, -0.2) is 12.7 Å². The molecule has 0 spiro atoms. The first-order valence-electron chi connectivity index (χ1n) is 5.74. The monoisotopic (exact) mass is 289 g/mol. The highest BCUT2D eigenvalue weighted by molar-refractivity contribution is 7.89. The Hall–Kier alpha value is -1.38. The highest BCUT2D eigenvalue weighted by Crippen LogP contribution is 2.22. The molecule has 8 heteroatoms. The standard InChI is InChI=1S/C11H19N3O4S/c1-7(6-12)13-11(15)9-5-10(8(2)18-9)19(16,17)14(3)4/h5,7H,6,12H2,1-4H3,(H,13,15)/t7-/m0/s1. The molecule has 1 atom stereocenters. The molecule has 0 aliphatic carbocycles. The predicted molar refractivity (Wildman–Crippen MR) is 70.3 cm³/mol. The molecule has 1 aromatic heterocycles. The fourth-order valence-electron chi connectivity index (χ4n) is 1.38. The molecule has 3 N–H and O–H groups in total. The Morgan fingerprint density at radius 3 is 2.58 bits per heavy atom. The van der Waals surface area contributed by atoms with Gasteiger partial charge in [-0.15, -0.1) is 0 Å². The van der Waals surface area contributed by atoms with E-state index in [0.717, 1.165) is 4.31 Å². The van der Waals surface area contributed by atoms with Gasteiger partial charge in [0.05, 0.1) is 0 Å². The number of hydrogen-bond acceptors (Lipinski definition) is 5. The van der Waals surface area contributed by atoms with Gasteiger partial charge < -0.3 is 15.5 Å². The molecule has 0 unspecified atom stereocenters. The fraction of sp³-hybridized carbons (Fsp3) is 0.545. The van der Waals surface area contributed by atoms with Crippen LogP contribution in [0.4, 0.5) is 0 Å². The van der Waals surface area contributed by atoms with E-state index in [1.165, 1.54) is 27.1 Å². The fourth-order valence-corrected chi connectivity index (χ4v) is 2.44. The van der Waals surface area contributed by atoms with Crippen molar-refractivity contribution >= 4 is 15.9 Å². The van der Waals surface area contributed by atoms with Crippen molar-refractivity contribution in [2.24, 2.45) is 5.73 Å². The van der Waals surface area contributed by atoms with Crippen LogP contribution in [0.2, 0.25) is 0 Å². The third-order valence-electron chi connectivity index (χ3n) is 2.59. The van der Waals surface area contributed by atoms with E-state index in [1.807, 2.05) is 0 Å². The summed E-state index contributed by atoms with van der Waals surface area (Å²) in [5, 5.41) is 2.60. The first-order valence-corrected chi connectivity index (χ1v) is 7.18. The Morgan fingerprint density at radius 1 is 1.53 bits per heavy atom. The molecule has 1 rings (SSSR count). The number of aryl methyl sites for hydroxylation is 1. The molecule has 0 radical (unpaired) electrons. The van der Waals surface area contributed by atoms with Gasteiger partial charge in [-0.3, -0.25) is 4.79 Å². The van der Waals surface area contributed by atoms with Gasteiger partial charge in [-0.05, 0) is 13.8 Å². The normalized spacial score (nSPS) is 13.6. The molecule has 0 aliphatic rings. The molecule has 0 saturated carbocycles. The maximum absolute atomic E-state index is 12.0. The molecular weight excluding hydrogens is 270 g/mol. The van der Waals surface area contributed by atoms with Crippen LogP contribution >= 0.6 is 0 Å². The lowest BCUT2D eigenvalue weighted by Gasteiger charge is -2.09.